The second kappa shape index (κ2) is 7.64. The number of carbonyl (C=O) groups excluding carboxylic acids is 1. The highest BCUT2D eigenvalue weighted by molar-refractivity contribution is 7.18. The van der Waals surface area contributed by atoms with Crippen molar-refractivity contribution in [2.45, 2.75) is 51.6 Å². The molecule has 5 nitrogen and oxygen atoms in total. The third kappa shape index (κ3) is 3.54. The van der Waals surface area contributed by atoms with Crippen LogP contribution in [0.15, 0.2) is 41.5 Å². The molecular formula is C21H23N3O2S. The van der Waals surface area contributed by atoms with Crippen molar-refractivity contribution in [2.24, 2.45) is 0 Å². The number of fused-ring (bicyclic) bond motifs is 3. The molecule has 27 heavy (non-hydrogen) atoms. The maximum absolute atomic E-state index is 12.9. The molecule has 1 aromatic carbocycles. The van der Waals surface area contributed by atoms with E-state index < -0.39 is 0 Å². The van der Waals surface area contributed by atoms with E-state index in [4.69, 9.17) is 0 Å². The highest BCUT2D eigenvalue weighted by atomic mass is 32.1. The molecule has 0 aliphatic heterocycles. The number of thiophene rings is 1. The first-order chi connectivity index (χ1) is 13.2. The van der Waals surface area contributed by atoms with Gasteiger partial charge >= 0.3 is 0 Å². The van der Waals surface area contributed by atoms with Crippen molar-refractivity contribution >= 4 is 27.5 Å². The molecule has 1 unspecified atom stereocenters. The highest BCUT2D eigenvalue weighted by Gasteiger charge is 2.22. The van der Waals surface area contributed by atoms with Gasteiger partial charge in [-0.25, -0.2) is 4.98 Å². The van der Waals surface area contributed by atoms with Crippen molar-refractivity contribution in [3.63, 3.8) is 0 Å². The van der Waals surface area contributed by atoms with Gasteiger partial charge in [-0.05, 0) is 36.8 Å². The lowest BCUT2D eigenvalue weighted by Gasteiger charge is -2.19. The number of hydrogen-bond donors (Lipinski definition) is 1. The van der Waals surface area contributed by atoms with Crippen LogP contribution in [-0.4, -0.2) is 15.5 Å². The van der Waals surface area contributed by atoms with E-state index in [0.717, 1.165) is 53.4 Å². The van der Waals surface area contributed by atoms with Gasteiger partial charge in [0.15, 0.2) is 0 Å². The summed E-state index contributed by atoms with van der Waals surface area (Å²) < 4.78 is 1.44. The summed E-state index contributed by atoms with van der Waals surface area (Å²) >= 11 is 1.62. The van der Waals surface area contributed by atoms with Gasteiger partial charge in [0.05, 0.1) is 17.8 Å². The Morgan fingerprint density at radius 1 is 1.30 bits per heavy atom. The van der Waals surface area contributed by atoms with E-state index in [1.54, 1.807) is 11.3 Å². The maximum atomic E-state index is 12.9. The van der Waals surface area contributed by atoms with Crippen molar-refractivity contribution in [1.29, 1.82) is 0 Å². The van der Waals surface area contributed by atoms with E-state index in [9.17, 15) is 9.59 Å². The van der Waals surface area contributed by atoms with Crippen molar-refractivity contribution < 1.29 is 4.79 Å². The molecule has 2 heterocycles. The summed E-state index contributed by atoms with van der Waals surface area (Å²) in [5, 5.41) is 3.80. The van der Waals surface area contributed by atoms with Crippen LogP contribution in [0.5, 0.6) is 0 Å². The number of rotatable bonds is 6. The zero-order chi connectivity index (χ0) is 18.8. The van der Waals surface area contributed by atoms with Crippen LogP contribution >= 0.6 is 11.3 Å². The zero-order valence-corrected chi connectivity index (χ0v) is 16.2. The number of nitrogens with zero attached hydrogens (tertiary/aromatic N) is 2. The summed E-state index contributed by atoms with van der Waals surface area (Å²) in [7, 11) is 0. The van der Waals surface area contributed by atoms with Crippen molar-refractivity contribution in [1.82, 2.24) is 14.9 Å². The molecule has 1 aliphatic rings. The lowest BCUT2D eigenvalue weighted by Crippen LogP contribution is -2.34. The van der Waals surface area contributed by atoms with Crippen LogP contribution in [0.25, 0.3) is 10.2 Å². The van der Waals surface area contributed by atoms with Gasteiger partial charge in [0.1, 0.15) is 11.4 Å². The number of aryl methyl sites for hydroxylation is 2. The highest BCUT2D eigenvalue weighted by Crippen LogP contribution is 2.34. The number of benzene rings is 1. The summed E-state index contributed by atoms with van der Waals surface area (Å²) in [6.07, 6.45) is 6.41. The van der Waals surface area contributed by atoms with E-state index in [1.807, 2.05) is 30.3 Å². The van der Waals surface area contributed by atoms with Gasteiger partial charge in [-0.2, -0.15) is 0 Å². The number of hydrogen-bond acceptors (Lipinski definition) is 4. The molecule has 3 aromatic rings. The minimum absolute atomic E-state index is 0.000554. The Labute approximate surface area is 162 Å². The molecule has 1 aliphatic carbocycles. The number of nitrogens with one attached hydrogen (secondary N) is 1. The SMILES string of the molecule is CCCC(NC(=O)Cn1cnc2sc3c(c2c1=O)CCC3)c1ccccc1. The molecule has 0 saturated carbocycles. The Kier molecular flexibility index (Phi) is 5.07. The summed E-state index contributed by atoms with van der Waals surface area (Å²) in [6.45, 7) is 2.10. The van der Waals surface area contributed by atoms with E-state index in [-0.39, 0.29) is 24.1 Å². The van der Waals surface area contributed by atoms with E-state index in [1.165, 1.54) is 15.8 Å². The predicted molar refractivity (Wildman–Crippen MR) is 108 cm³/mol. The number of amides is 1. The first-order valence-corrected chi connectivity index (χ1v) is 10.3. The largest absolute Gasteiger partial charge is 0.348 e. The Morgan fingerprint density at radius 2 is 2.11 bits per heavy atom. The predicted octanol–water partition coefficient (Wildman–Crippen LogP) is 3.60. The Hall–Kier alpha value is -2.47. The molecule has 2 aromatic heterocycles. The maximum Gasteiger partial charge on any atom is 0.262 e. The molecule has 0 fully saturated rings. The molecule has 1 atom stereocenters. The van der Waals surface area contributed by atoms with Gasteiger partial charge in [0, 0.05) is 4.88 Å². The standard InChI is InChI=1S/C21H23N3O2S/c1-2-7-16(14-8-4-3-5-9-14)23-18(25)12-24-13-22-20-19(21(24)26)15-10-6-11-17(15)27-20/h3-5,8-9,13,16H,2,6-7,10-12H2,1H3,(H,23,25). The van der Waals surface area contributed by atoms with Crippen molar-refractivity contribution in [3.8, 4) is 0 Å². The first kappa shape index (κ1) is 17.9. The summed E-state index contributed by atoms with van der Waals surface area (Å²) in [6, 6.07) is 9.92. The molecule has 140 valence electrons. The van der Waals surface area contributed by atoms with Crippen LogP contribution in [-0.2, 0) is 24.2 Å². The molecule has 4 rings (SSSR count). The van der Waals surface area contributed by atoms with Crippen LogP contribution in [0.1, 0.15) is 48.2 Å². The van der Waals surface area contributed by atoms with Crippen LogP contribution in [0.2, 0.25) is 0 Å². The average molecular weight is 382 g/mol. The van der Waals surface area contributed by atoms with Gasteiger partial charge in [-0.1, -0.05) is 43.7 Å². The Balaban J connectivity index is 1.55. The normalized spacial score (nSPS) is 14.3. The molecule has 0 saturated heterocycles. The van der Waals surface area contributed by atoms with Gasteiger partial charge in [-0.15, -0.1) is 11.3 Å². The van der Waals surface area contributed by atoms with Gasteiger partial charge in [0.2, 0.25) is 5.91 Å². The topological polar surface area (TPSA) is 64.0 Å². The molecular weight excluding hydrogens is 358 g/mol. The quantitative estimate of drug-likeness (QED) is 0.709. The fourth-order valence-electron chi connectivity index (χ4n) is 3.82. The molecule has 1 amide bonds. The molecule has 0 radical (unpaired) electrons. The minimum atomic E-state index is -0.160. The van der Waals surface area contributed by atoms with E-state index in [2.05, 4.69) is 17.2 Å². The Morgan fingerprint density at radius 3 is 2.89 bits per heavy atom. The van der Waals surface area contributed by atoms with Gasteiger partial charge in [-0.3, -0.25) is 14.2 Å². The third-order valence-corrected chi connectivity index (χ3v) is 6.32. The fraction of sp³-hybridized carbons (Fsp3) is 0.381. The van der Waals surface area contributed by atoms with E-state index in [0.29, 0.717) is 0 Å². The molecule has 0 spiro atoms. The molecule has 0 bridgehead atoms. The number of aromatic nitrogens is 2. The molecule has 6 heteroatoms. The van der Waals surface area contributed by atoms with Crippen LogP contribution in [0, 0.1) is 0 Å². The second-order valence-electron chi connectivity index (χ2n) is 7.03. The lowest BCUT2D eigenvalue weighted by molar-refractivity contribution is -0.122. The second-order valence-corrected chi connectivity index (χ2v) is 8.12. The number of carbonyl (C=O) groups is 1. The van der Waals surface area contributed by atoms with Crippen LogP contribution in [0.3, 0.4) is 0 Å². The lowest BCUT2D eigenvalue weighted by atomic mass is 10.0. The minimum Gasteiger partial charge on any atom is -0.348 e. The van der Waals surface area contributed by atoms with Crippen LogP contribution in [0.4, 0.5) is 0 Å². The summed E-state index contributed by atoms with van der Waals surface area (Å²) in [4.78, 5) is 32.1. The zero-order valence-electron chi connectivity index (χ0n) is 15.4. The summed E-state index contributed by atoms with van der Waals surface area (Å²) in [5.74, 6) is -0.160. The molecule has 1 N–H and O–H groups in total. The third-order valence-electron chi connectivity index (χ3n) is 5.12. The monoisotopic (exact) mass is 381 g/mol. The van der Waals surface area contributed by atoms with Gasteiger partial charge < -0.3 is 5.32 Å². The smallest absolute Gasteiger partial charge is 0.262 e. The van der Waals surface area contributed by atoms with Gasteiger partial charge in [0.25, 0.3) is 5.56 Å². The van der Waals surface area contributed by atoms with Crippen molar-refractivity contribution in [3.05, 3.63) is 63.0 Å². The van der Waals surface area contributed by atoms with Crippen LogP contribution < -0.4 is 10.9 Å². The fourth-order valence-corrected chi connectivity index (χ4v) is 5.04. The van der Waals surface area contributed by atoms with E-state index >= 15 is 0 Å². The first-order valence-electron chi connectivity index (χ1n) is 9.51. The average Bonchev–Trinajstić information content (AvgIpc) is 3.25. The summed E-state index contributed by atoms with van der Waals surface area (Å²) in [5.41, 5.74) is 2.14. The Bertz CT molecular complexity index is 1020. The van der Waals surface area contributed by atoms with Crippen molar-refractivity contribution in [2.75, 3.05) is 0 Å².